The van der Waals surface area contributed by atoms with Crippen molar-refractivity contribution in [3.05, 3.63) is 48.6 Å². The van der Waals surface area contributed by atoms with Gasteiger partial charge in [-0.2, -0.15) is 0 Å². The quantitative estimate of drug-likeness (QED) is 0.0369. The second kappa shape index (κ2) is 41.3. The molecule has 0 bridgehead atoms. The summed E-state index contributed by atoms with van der Waals surface area (Å²) in [7, 11) is 0. The Balaban J connectivity index is 0.000000360. The van der Waals surface area contributed by atoms with Crippen LogP contribution in [0.15, 0.2) is 48.6 Å². The summed E-state index contributed by atoms with van der Waals surface area (Å²) >= 11 is 0. The van der Waals surface area contributed by atoms with E-state index in [0.29, 0.717) is 12.8 Å². The maximum absolute atomic E-state index is 12.9. The van der Waals surface area contributed by atoms with Crippen molar-refractivity contribution in [2.45, 2.75) is 248 Å². The first-order valence-corrected chi connectivity index (χ1v) is 38.1. The van der Waals surface area contributed by atoms with Crippen LogP contribution in [-0.4, -0.2) is 230 Å². The molecule has 0 aromatic heterocycles. The summed E-state index contributed by atoms with van der Waals surface area (Å²) in [5, 5.41) is 163. The summed E-state index contributed by atoms with van der Waals surface area (Å²) in [4.78, 5) is 74.4. The number of aliphatic hydroxyl groups is 16. The summed E-state index contributed by atoms with van der Waals surface area (Å²) in [5.41, 5.74) is -1.84. The van der Waals surface area contributed by atoms with Crippen LogP contribution in [0.25, 0.3) is 0 Å². The molecular weight excluding hydrogens is 1340 g/mol. The zero-order valence-electron chi connectivity index (χ0n) is 65.0. The Morgan fingerprint density at radius 2 is 0.625 bits per heavy atom. The average Bonchev–Trinajstić information content (AvgIpc) is 1.60. The molecule has 2 aliphatic heterocycles. The van der Waals surface area contributed by atoms with E-state index in [2.05, 4.69) is 52.0 Å². The minimum Gasteiger partial charge on any atom is -0.396 e. The number of hydrogen-bond donors (Lipinski definition) is 16. The first kappa shape index (κ1) is 94.5. The van der Waals surface area contributed by atoms with E-state index in [-0.39, 0.29) is 111 Å². The molecule has 104 heavy (non-hydrogen) atoms. The summed E-state index contributed by atoms with van der Waals surface area (Å²) in [5.74, 6) is -11.4. The van der Waals surface area contributed by atoms with Gasteiger partial charge in [0.05, 0.1) is 149 Å². The van der Waals surface area contributed by atoms with Gasteiger partial charge >= 0.3 is 0 Å². The third kappa shape index (κ3) is 23.2. The Morgan fingerprint density at radius 1 is 0.394 bits per heavy atom. The van der Waals surface area contributed by atoms with E-state index in [1.165, 1.54) is 0 Å². The number of hydrogen-bond acceptors (Lipinski definition) is 24. The van der Waals surface area contributed by atoms with Crippen molar-refractivity contribution in [2.24, 2.45) is 116 Å². The van der Waals surface area contributed by atoms with Gasteiger partial charge in [-0.25, -0.2) is 0 Å². The molecular formula is C80H136O24. The van der Waals surface area contributed by atoms with Crippen molar-refractivity contribution in [2.75, 3.05) is 52.9 Å². The zero-order valence-corrected chi connectivity index (χ0v) is 65.0. The Morgan fingerprint density at radius 3 is 0.817 bits per heavy atom. The molecule has 4 saturated carbocycles. The number of carbonyl (C=O) groups is 6. The number of rotatable bonds is 40. The van der Waals surface area contributed by atoms with Gasteiger partial charge in [0.1, 0.15) is 34.7 Å². The maximum Gasteiger partial charge on any atom is 0.167 e. The van der Waals surface area contributed by atoms with Crippen LogP contribution in [0.4, 0.5) is 0 Å². The Labute approximate surface area is 618 Å². The van der Waals surface area contributed by atoms with Crippen molar-refractivity contribution in [3.63, 3.8) is 0 Å². The second-order valence-corrected chi connectivity index (χ2v) is 32.2. The second-order valence-electron chi connectivity index (χ2n) is 32.2. The van der Waals surface area contributed by atoms with E-state index in [4.69, 9.17) is 9.47 Å². The van der Waals surface area contributed by atoms with Crippen molar-refractivity contribution in [1.82, 2.24) is 0 Å². The summed E-state index contributed by atoms with van der Waals surface area (Å²) < 4.78 is 10.8. The molecule has 6 aliphatic rings. The molecule has 0 spiro atoms. The molecule has 2 unspecified atom stereocenters. The Kier molecular flexibility index (Phi) is 37.5. The van der Waals surface area contributed by atoms with Gasteiger partial charge in [0.2, 0.25) is 0 Å². The van der Waals surface area contributed by atoms with E-state index >= 15 is 0 Å². The van der Waals surface area contributed by atoms with Crippen LogP contribution in [0, 0.1) is 116 Å². The zero-order chi connectivity index (χ0) is 79.5. The number of allylic oxidation sites excluding steroid dienone is 8. The van der Waals surface area contributed by atoms with E-state index in [9.17, 15) is 110 Å². The van der Waals surface area contributed by atoms with Crippen LogP contribution in [0.3, 0.4) is 0 Å². The first-order chi connectivity index (χ1) is 48.6. The maximum atomic E-state index is 12.9. The molecule has 0 amide bonds. The lowest BCUT2D eigenvalue weighted by molar-refractivity contribution is -0.259. The third-order valence-electron chi connectivity index (χ3n) is 25.0. The van der Waals surface area contributed by atoms with Crippen molar-refractivity contribution in [3.8, 4) is 0 Å². The minimum atomic E-state index is -1.42. The highest BCUT2D eigenvalue weighted by atomic mass is 16.6. The molecule has 16 N–H and O–H groups in total. The van der Waals surface area contributed by atoms with Gasteiger partial charge in [-0.1, -0.05) is 132 Å². The fourth-order valence-corrected chi connectivity index (χ4v) is 16.9. The molecule has 0 aromatic rings. The highest BCUT2D eigenvalue weighted by molar-refractivity contribution is 5.88. The highest BCUT2D eigenvalue weighted by Gasteiger charge is 2.63. The predicted octanol–water partition coefficient (Wildman–Crippen LogP) is 4.72. The normalized spacial score (nSPS) is 34.7. The third-order valence-corrected chi connectivity index (χ3v) is 25.0. The van der Waals surface area contributed by atoms with Gasteiger partial charge in [0.25, 0.3) is 0 Å². The number of aliphatic hydroxyl groups excluding tert-OH is 14. The summed E-state index contributed by atoms with van der Waals surface area (Å²) in [6, 6.07) is 0. The first-order valence-electron chi connectivity index (χ1n) is 38.1. The fraction of sp³-hybridized carbons (Fsp3) is 0.825. The molecule has 30 atom stereocenters. The van der Waals surface area contributed by atoms with Gasteiger partial charge in [-0.15, -0.1) is 0 Å². The summed E-state index contributed by atoms with van der Waals surface area (Å²) in [6.07, 6.45) is 11.0. The average molecular weight is 1480 g/mol. The fourth-order valence-electron chi connectivity index (χ4n) is 16.9. The summed E-state index contributed by atoms with van der Waals surface area (Å²) in [6.45, 7) is 27.0. The van der Waals surface area contributed by atoms with Gasteiger partial charge in [-0.3, -0.25) is 28.8 Å². The SMILES string of the molecule is C/C=C\[C@H](C)[C@H]1C[C@]1(C)[C@@H](O)[C@@H](CO)C(=O)[C@@H](CO)[C@@H](O)CC(=O)CC.C/C=C\[C@H](C)[C@H]1C[C@]1(C)[C@@H](O)[C@@H](CO)C(=O)[C@@H]1COC(O)(CC)C[C@@H]1O.C/C=C\[C@H](C)[C@H]1C[C@]1(C)[C@@H](O)[C@@H](CO)C(=O)[C@H](CO)[C@@H](O)CC(=O)CC.C/C=C\[C@H](C)[C@H]1C[C@]1(C)[C@@H](O)[C@@H](CO)C(=O)[C@H]1COC(O)(CC)C[C@@H]1O. The monoisotopic (exact) mass is 1480 g/mol. The van der Waals surface area contributed by atoms with E-state index in [0.717, 1.165) is 25.7 Å². The largest absolute Gasteiger partial charge is 0.396 e. The van der Waals surface area contributed by atoms with Crippen molar-refractivity contribution >= 4 is 34.7 Å². The molecule has 6 rings (SSSR count). The topological polar surface area (TPSA) is 445 Å². The lowest BCUT2D eigenvalue weighted by Crippen LogP contribution is -2.52. The van der Waals surface area contributed by atoms with Gasteiger partial charge in [-0.05, 0) is 135 Å². The molecule has 24 nitrogen and oxygen atoms in total. The van der Waals surface area contributed by atoms with E-state index in [1.807, 2.05) is 79.7 Å². The van der Waals surface area contributed by atoms with Crippen LogP contribution in [0.2, 0.25) is 0 Å². The molecule has 2 saturated heterocycles. The standard InChI is InChI=1S/4C20H34O6/c2*1-5-7-12(3)15-8-19(15,4)18(24)13(10-21)17(23)14-11-26-20(25,6-2)9-16(14)22;2*1-5-7-12(3)16-9-20(16,4)19(26)15(11-22)18(25)14(10-21)17(24)8-13(23)6-2/h2*5,7,12-16,18,21-22,24-25H,6,8-11H2,1-4H3;2*5,7,12,14-17,19,21-22,24,26H,6,8-11H2,1-4H3/b4*7-5-/t12-,13-,14+,15+,16-,18-,19-,20?;12-,13-,14-,15+,16-,18-,19-,20?;12-,14+,15-,16+,17-,19-,20-;12-,14-,15-,16+,17-,19-,20-/m0000/s1. The van der Waals surface area contributed by atoms with Crippen molar-refractivity contribution in [1.29, 1.82) is 0 Å². The molecule has 0 aromatic carbocycles. The van der Waals surface area contributed by atoms with Crippen LogP contribution >= 0.6 is 0 Å². The van der Waals surface area contributed by atoms with Gasteiger partial charge in [0, 0.05) is 38.5 Å². The predicted molar refractivity (Wildman–Crippen MR) is 391 cm³/mol. The van der Waals surface area contributed by atoms with Crippen LogP contribution < -0.4 is 0 Å². The molecule has 2 heterocycles. The number of ether oxygens (including phenoxy) is 2. The molecule has 0 radical (unpaired) electrons. The smallest absolute Gasteiger partial charge is 0.167 e. The van der Waals surface area contributed by atoms with Gasteiger partial charge < -0.3 is 91.2 Å². The number of ketones is 6. The molecule has 6 fully saturated rings. The van der Waals surface area contributed by atoms with E-state index < -0.39 is 192 Å². The van der Waals surface area contributed by atoms with Crippen LogP contribution in [0.1, 0.15) is 188 Å². The minimum absolute atomic E-state index is 0.0492. The lowest BCUT2D eigenvalue weighted by atomic mass is 9.77. The van der Waals surface area contributed by atoms with Gasteiger partial charge in [0.15, 0.2) is 11.6 Å². The number of carbonyl (C=O) groups excluding carboxylic acids is 6. The Bertz CT molecular complexity index is 2660. The van der Waals surface area contributed by atoms with Crippen molar-refractivity contribution < 1.29 is 120 Å². The lowest BCUT2D eigenvalue weighted by Gasteiger charge is -2.40. The molecule has 600 valence electrons. The number of Topliss-reactive ketones (excluding diaryl/α,β-unsaturated/α-hetero) is 6. The van der Waals surface area contributed by atoms with E-state index in [1.54, 1.807) is 27.7 Å². The Hall–Kier alpha value is -3.74. The molecule has 24 heteroatoms. The van der Waals surface area contributed by atoms with Crippen LogP contribution in [0.5, 0.6) is 0 Å². The van der Waals surface area contributed by atoms with Crippen LogP contribution in [-0.2, 0) is 38.2 Å². The molecule has 4 aliphatic carbocycles. The highest BCUT2D eigenvalue weighted by Crippen LogP contribution is 2.63.